The molecular weight excluding hydrogens is 808 g/mol. The van der Waals surface area contributed by atoms with E-state index in [0.29, 0.717) is 35.8 Å². The Morgan fingerprint density at radius 1 is 0.633 bits per heavy atom. The van der Waals surface area contributed by atoms with Crippen molar-refractivity contribution in [3.63, 3.8) is 0 Å². The molecule has 4 fully saturated rings. The number of hydrogen-bond acceptors (Lipinski definition) is 7. The van der Waals surface area contributed by atoms with Gasteiger partial charge in [-0.1, -0.05) is 120 Å². The molecule has 4 aliphatic rings. The summed E-state index contributed by atoms with van der Waals surface area (Å²) in [4.78, 5) is 5.26. The SMILES string of the molecule is C.CC1(c2cccc(N)c2)C2CN(CCCc3ccccc3)CC21.CCCS(=O)(=O)Cl.CCCS(=O)(=O)Nc1cccc(C2(C)C3CN(CCCc4ccccc4)CC32)c1. The van der Waals surface area contributed by atoms with Crippen molar-refractivity contribution in [3.05, 3.63) is 131 Å². The summed E-state index contributed by atoms with van der Waals surface area (Å²) >= 11 is 0. The van der Waals surface area contributed by atoms with Gasteiger partial charge in [0.1, 0.15) is 0 Å². The number of nitrogen functional groups attached to an aromatic ring is 1. The molecule has 2 heterocycles. The van der Waals surface area contributed by atoms with Crippen LogP contribution in [0.5, 0.6) is 0 Å². The second kappa shape index (κ2) is 20.6. The lowest BCUT2D eigenvalue weighted by atomic mass is 9.92. The Kier molecular flexibility index (Phi) is 16.4. The number of rotatable bonds is 16. The number of benzene rings is 4. The zero-order valence-corrected chi connectivity index (χ0v) is 37.8. The van der Waals surface area contributed by atoms with E-state index in [1.807, 2.05) is 31.2 Å². The van der Waals surface area contributed by atoms with Crippen molar-refractivity contribution in [1.82, 2.24) is 9.80 Å². The molecule has 8 nitrogen and oxygen atoms in total. The van der Waals surface area contributed by atoms with Gasteiger partial charge in [0.25, 0.3) is 0 Å². The van der Waals surface area contributed by atoms with Crippen molar-refractivity contribution in [2.75, 3.05) is 61.2 Å². The summed E-state index contributed by atoms with van der Waals surface area (Å²) in [5, 5.41) is 0. The second-order valence-corrected chi connectivity index (χ2v) is 22.3. The Balaban J connectivity index is 0.000000197. The summed E-state index contributed by atoms with van der Waals surface area (Å²) < 4.78 is 46.9. The summed E-state index contributed by atoms with van der Waals surface area (Å²) in [5.41, 5.74) is 13.7. The topological polar surface area (TPSA) is 113 Å². The molecule has 0 radical (unpaired) electrons. The number of anilines is 2. The van der Waals surface area contributed by atoms with E-state index >= 15 is 0 Å². The highest BCUT2D eigenvalue weighted by molar-refractivity contribution is 8.13. The van der Waals surface area contributed by atoms with Crippen LogP contribution in [0.4, 0.5) is 11.4 Å². The van der Waals surface area contributed by atoms with E-state index in [4.69, 9.17) is 16.4 Å². The summed E-state index contributed by atoms with van der Waals surface area (Å²) in [5.74, 6) is 3.25. The molecule has 0 bridgehead atoms. The lowest BCUT2D eigenvalue weighted by Gasteiger charge is -2.25. The number of halogens is 1. The van der Waals surface area contributed by atoms with Crippen LogP contribution in [-0.2, 0) is 42.7 Å². The molecule has 2 saturated heterocycles. The third kappa shape index (κ3) is 12.2. The van der Waals surface area contributed by atoms with Gasteiger partial charge in [0.2, 0.25) is 19.1 Å². The maximum Gasteiger partial charge on any atom is 0.232 e. The lowest BCUT2D eigenvalue weighted by Crippen LogP contribution is -2.30. The summed E-state index contributed by atoms with van der Waals surface area (Å²) in [6.45, 7) is 15.6. The van der Waals surface area contributed by atoms with Crippen LogP contribution < -0.4 is 10.5 Å². The quantitative estimate of drug-likeness (QED) is 0.0852. The predicted octanol–water partition coefficient (Wildman–Crippen LogP) is 9.61. The number of nitrogens with zero attached hydrogens (tertiary/aromatic N) is 2. The number of likely N-dealkylation sites (tertiary alicyclic amines) is 2. The van der Waals surface area contributed by atoms with Crippen LogP contribution in [0.2, 0.25) is 0 Å². The Morgan fingerprint density at radius 2 is 1.07 bits per heavy atom. The molecule has 2 saturated carbocycles. The highest BCUT2D eigenvalue weighted by atomic mass is 35.7. The maximum atomic E-state index is 12.1. The minimum atomic E-state index is -3.25. The Labute approximate surface area is 366 Å². The molecule has 3 N–H and O–H groups in total. The number of hydrogen-bond donors (Lipinski definition) is 2. The molecule has 60 heavy (non-hydrogen) atoms. The Hall–Kier alpha value is -3.41. The van der Waals surface area contributed by atoms with Crippen LogP contribution in [-0.4, -0.2) is 77.4 Å². The molecule has 4 aromatic rings. The molecule has 2 aliphatic heterocycles. The molecule has 8 rings (SSSR count). The number of nitrogens with two attached hydrogens (primary N) is 1. The zero-order chi connectivity index (χ0) is 42.3. The Morgan fingerprint density at radius 3 is 1.47 bits per heavy atom. The maximum absolute atomic E-state index is 12.1. The van der Waals surface area contributed by atoms with Gasteiger partial charge >= 0.3 is 0 Å². The normalized spacial score (nSPS) is 25.4. The molecule has 328 valence electrons. The monoisotopic (exact) mass is 876 g/mol. The molecular formula is C49H69ClN4O4S2. The van der Waals surface area contributed by atoms with Gasteiger partial charge in [-0.3, -0.25) is 4.72 Å². The van der Waals surface area contributed by atoms with Crippen molar-refractivity contribution in [3.8, 4) is 0 Å². The van der Waals surface area contributed by atoms with Crippen LogP contribution >= 0.6 is 10.7 Å². The van der Waals surface area contributed by atoms with Gasteiger partial charge in [-0.2, -0.15) is 0 Å². The van der Waals surface area contributed by atoms with Gasteiger partial charge in [0, 0.05) is 59.1 Å². The van der Waals surface area contributed by atoms with Crippen molar-refractivity contribution in [2.24, 2.45) is 23.7 Å². The van der Waals surface area contributed by atoms with Gasteiger partial charge < -0.3 is 15.5 Å². The van der Waals surface area contributed by atoms with E-state index < -0.39 is 19.1 Å². The first-order valence-electron chi connectivity index (χ1n) is 21.6. The Bertz CT molecular complexity index is 2160. The van der Waals surface area contributed by atoms with Crippen molar-refractivity contribution in [2.45, 2.75) is 84.5 Å². The van der Waals surface area contributed by atoms with E-state index in [2.05, 4.69) is 113 Å². The number of piperidine rings is 2. The fourth-order valence-corrected chi connectivity index (χ4v) is 12.1. The predicted molar refractivity (Wildman–Crippen MR) is 253 cm³/mol. The minimum Gasteiger partial charge on any atom is -0.399 e. The molecule has 0 aromatic heterocycles. The first-order valence-corrected chi connectivity index (χ1v) is 25.7. The van der Waals surface area contributed by atoms with Gasteiger partial charge in [0.05, 0.1) is 11.5 Å². The first-order chi connectivity index (χ1) is 28.2. The highest BCUT2D eigenvalue weighted by Crippen LogP contribution is 2.64. The number of nitrogens with one attached hydrogen (secondary N) is 1. The van der Waals surface area contributed by atoms with Crippen molar-refractivity contribution < 1.29 is 16.8 Å². The lowest BCUT2D eigenvalue weighted by molar-refractivity contribution is 0.274. The summed E-state index contributed by atoms with van der Waals surface area (Å²) in [6.07, 6.45) is 6.01. The van der Waals surface area contributed by atoms with Crippen LogP contribution in [0, 0.1) is 23.7 Å². The van der Waals surface area contributed by atoms with Gasteiger partial charge in [-0.25, -0.2) is 16.8 Å². The van der Waals surface area contributed by atoms with Crippen LogP contribution in [0.25, 0.3) is 0 Å². The average Bonchev–Trinajstić information content (AvgIpc) is 3.67. The zero-order valence-electron chi connectivity index (χ0n) is 35.4. The molecule has 11 heteroatoms. The first kappa shape index (κ1) is 47.6. The van der Waals surface area contributed by atoms with Crippen LogP contribution in [0.1, 0.15) is 83.1 Å². The smallest absolute Gasteiger partial charge is 0.232 e. The van der Waals surface area contributed by atoms with Gasteiger partial charge in [0.15, 0.2) is 0 Å². The third-order valence-electron chi connectivity index (χ3n) is 13.4. The molecule has 0 spiro atoms. The molecule has 4 atom stereocenters. The third-order valence-corrected chi connectivity index (χ3v) is 16.3. The fraction of sp³-hybridized carbons (Fsp3) is 0.510. The number of sulfonamides is 1. The summed E-state index contributed by atoms with van der Waals surface area (Å²) in [6, 6.07) is 38.1. The molecule has 2 aliphatic carbocycles. The van der Waals surface area contributed by atoms with Crippen molar-refractivity contribution >= 4 is 41.1 Å². The summed E-state index contributed by atoms with van der Waals surface area (Å²) in [7, 11) is -1.64. The van der Waals surface area contributed by atoms with E-state index in [9.17, 15) is 16.8 Å². The minimum absolute atomic E-state index is 0. The van der Waals surface area contributed by atoms with Gasteiger partial charge in [-0.05, 0) is 122 Å². The molecule has 4 unspecified atom stereocenters. The number of fused-ring (bicyclic) bond motifs is 2. The van der Waals surface area contributed by atoms with E-state index in [0.717, 1.165) is 43.6 Å². The van der Waals surface area contributed by atoms with Crippen molar-refractivity contribution in [1.29, 1.82) is 0 Å². The standard InChI is InChI=1S/C24H32N2O2S.C21H26N2.C3H7ClO2S.CH4/c1-3-15-29(27,28)25-21-13-7-12-20(16-21)24(2)22-17-26(18-23(22)24)14-8-11-19-9-5-4-6-10-19;1-21(17-10-5-11-18(22)13-17)19-14-23(15-20(19)21)12-6-9-16-7-3-2-4-8-16;1-2-3-7(4,5)6;/h4-7,9-10,12-13,16,22-23,25H,3,8,11,14-15,17-18H2,1-2H3;2-5,7-8,10-11,13,19-20H,6,9,12,14-15,22H2,1H3;2-3H2,1H3;1H4. The van der Waals surface area contributed by atoms with E-state index in [-0.39, 0.29) is 24.3 Å². The second-order valence-electron chi connectivity index (χ2n) is 17.6. The van der Waals surface area contributed by atoms with E-state index in [1.54, 1.807) is 6.92 Å². The number of aryl methyl sites for hydroxylation is 2. The fourth-order valence-electron chi connectivity index (χ4n) is 9.98. The van der Waals surface area contributed by atoms with Crippen LogP contribution in [0.15, 0.2) is 109 Å². The van der Waals surface area contributed by atoms with Crippen LogP contribution in [0.3, 0.4) is 0 Å². The van der Waals surface area contributed by atoms with Gasteiger partial charge in [-0.15, -0.1) is 0 Å². The molecule has 0 amide bonds. The highest BCUT2D eigenvalue weighted by Gasteiger charge is 2.66. The average molecular weight is 878 g/mol. The largest absolute Gasteiger partial charge is 0.399 e. The van der Waals surface area contributed by atoms with E-state index in [1.165, 1.54) is 61.2 Å². The molecule has 4 aromatic carbocycles.